The van der Waals surface area contributed by atoms with Gasteiger partial charge in [0.1, 0.15) is 0 Å². The molecule has 0 saturated heterocycles. The number of fused-ring (bicyclic) bond motifs is 2. The zero-order chi connectivity index (χ0) is 18.6. The second kappa shape index (κ2) is 7.97. The molecular weight excluding hydrogens is 443 g/mol. The van der Waals surface area contributed by atoms with Gasteiger partial charge in [0.05, 0.1) is 0 Å². The Kier molecular flexibility index (Phi) is 6.21. The van der Waals surface area contributed by atoms with E-state index in [0.29, 0.717) is 0 Å². The summed E-state index contributed by atoms with van der Waals surface area (Å²) < 4.78 is 1.52. The van der Waals surface area contributed by atoms with Crippen molar-refractivity contribution in [2.75, 3.05) is 0 Å². The van der Waals surface area contributed by atoms with Crippen LogP contribution < -0.4 is 0 Å². The van der Waals surface area contributed by atoms with Crippen molar-refractivity contribution in [1.29, 1.82) is 0 Å². The first-order valence-corrected chi connectivity index (χ1v) is 18.7. The van der Waals surface area contributed by atoms with Crippen molar-refractivity contribution in [2.24, 2.45) is 0 Å². The van der Waals surface area contributed by atoms with Gasteiger partial charge in [-0.15, -0.1) is 12.4 Å². The van der Waals surface area contributed by atoms with Gasteiger partial charge in [0.2, 0.25) is 0 Å². The van der Waals surface area contributed by atoms with Crippen LogP contribution in [-0.2, 0) is 20.4 Å². The number of hydrogen-bond acceptors (Lipinski definition) is 0. The third-order valence-electron chi connectivity index (χ3n) is 6.19. The number of aryl methyl sites for hydroxylation is 2. The summed E-state index contributed by atoms with van der Waals surface area (Å²) >= 11 is -1.81. The predicted molar refractivity (Wildman–Crippen MR) is 120 cm³/mol. The molecule has 2 aromatic rings. The Balaban J connectivity index is 0.00000210. The molecule has 2 aromatic carbocycles. The maximum Gasteiger partial charge on any atom is -0.147 e. The second-order valence-corrected chi connectivity index (χ2v) is 26.1. The van der Waals surface area contributed by atoms with E-state index in [2.05, 4.69) is 89.3 Å². The molecule has 0 saturated carbocycles. The number of benzene rings is 2. The first-order chi connectivity index (χ1) is 12.4. The molecule has 0 heterocycles. The van der Waals surface area contributed by atoms with E-state index in [-0.39, 0.29) is 17.8 Å². The van der Waals surface area contributed by atoms with Crippen LogP contribution in [0.4, 0.5) is 0 Å². The van der Waals surface area contributed by atoms with Crippen LogP contribution in [0.25, 0.3) is 12.2 Å². The van der Waals surface area contributed by atoms with Crippen LogP contribution in [0, 0.1) is 13.8 Å². The van der Waals surface area contributed by atoms with Crippen LogP contribution >= 0.6 is 12.4 Å². The van der Waals surface area contributed by atoms with Crippen LogP contribution in [0.2, 0.25) is 13.1 Å². The zero-order valence-corrected chi connectivity index (χ0v) is 21.5. The molecule has 2 unspecified atom stereocenters. The van der Waals surface area contributed by atoms with Gasteiger partial charge in [0.15, 0.2) is 0 Å². The summed E-state index contributed by atoms with van der Waals surface area (Å²) in [5.41, 5.74) is 12.2. The molecule has 0 aliphatic heterocycles. The summed E-state index contributed by atoms with van der Waals surface area (Å²) in [5, 5.41) is 0. The Labute approximate surface area is 178 Å². The van der Waals surface area contributed by atoms with Crippen molar-refractivity contribution in [1.82, 2.24) is 0 Å². The smallest absolute Gasteiger partial charge is 0.147 e. The van der Waals surface area contributed by atoms with Crippen LogP contribution in [0.15, 0.2) is 47.5 Å². The number of allylic oxidation sites excluding steroid dienone is 2. The fourth-order valence-electron chi connectivity index (χ4n) is 4.99. The van der Waals surface area contributed by atoms with E-state index in [1.54, 1.807) is 22.3 Å². The van der Waals surface area contributed by atoms with Gasteiger partial charge in [-0.2, -0.15) is 0 Å². The zero-order valence-electron chi connectivity index (χ0n) is 17.2. The van der Waals surface area contributed by atoms with Crippen LogP contribution in [0.3, 0.4) is 0 Å². The standard InChI is InChI=1S/2C11H11.C2H6Si.ClH.Zr/c2*1-8-6-10-5-3-4-9(2)11(10)7-8;1-3-2;;/h2*3-7H,1-2H3;1-2H3;1H;. The Morgan fingerprint density at radius 1 is 0.704 bits per heavy atom. The van der Waals surface area contributed by atoms with Crippen LogP contribution in [0.5, 0.6) is 0 Å². The normalized spacial score (nSPS) is 19.6. The average molecular weight is 472 g/mol. The first kappa shape index (κ1) is 21.0. The van der Waals surface area contributed by atoms with E-state index in [0.717, 1.165) is 7.25 Å². The summed E-state index contributed by atoms with van der Waals surface area (Å²) in [4.78, 5) is 0. The quantitative estimate of drug-likeness (QED) is 0.406. The van der Waals surface area contributed by atoms with Crippen molar-refractivity contribution in [2.45, 2.75) is 48.0 Å². The fraction of sp³-hybridized carbons (Fsp3) is 0.333. The van der Waals surface area contributed by atoms with E-state index in [1.807, 2.05) is 0 Å². The molecule has 2 atom stereocenters. The van der Waals surface area contributed by atoms with E-state index >= 15 is 0 Å². The number of hydrogen-bond donors (Lipinski definition) is 0. The third-order valence-corrected chi connectivity index (χ3v) is 26.1. The molecule has 0 radical (unpaired) electrons. The first-order valence-electron chi connectivity index (χ1n) is 9.62. The second-order valence-electron chi connectivity index (χ2n) is 8.25. The van der Waals surface area contributed by atoms with Gasteiger partial charge >= 0.3 is 167 Å². The molecule has 140 valence electrons. The minimum atomic E-state index is -1.81. The Bertz CT molecular complexity index is 934. The van der Waals surface area contributed by atoms with E-state index in [9.17, 15) is 0 Å². The summed E-state index contributed by atoms with van der Waals surface area (Å²) in [6.45, 7) is 14.6. The monoisotopic (exact) mass is 470 g/mol. The maximum absolute atomic E-state index is 2.60. The Morgan fingerprint density at radius 2 is 1.11 bits per heavy atom. The molecule has 0 spiro atoms. The minimum absolute atomic E-state index is 0. The van der Waals surface area contributed by atoms with Crippen molar-refractivity contribution in [3.63, 3.8) is 0 Å². The summed E-state index contributed by atoms with van der Waals surface area (Å²) in [5.74, 6) is 0. The molecule has 0 bridgehead atoms. The van der Waals surface area contributed by atoms with Gasteiger partial charge in [0, 0.05) is 0 Å². The van der Waals surface area contributed by atoms with Gasteiger partial charge in [-0.3, -0.25) is 0 Å². The van der Waals surface area contributed by atoms with Gasteiger partial charge < -0.3 is 0 Å². The minimum Gasteiger partial charge on any atom is -0.147 e. The van der Waals surface area contributed by atoms with E-state index in [1.165, 1.54) is 22.3 Å². The SMILES string of the molecule is CC1=Cc2c(C)cccc2[CH]1[Zr]([CH]1C(C)=Cc2c(C)cccc21)=[Si](C)C.Cl. The van der Waals surface area contributed by atoms with Crippen molar-refractivity contribution < 1.29 is 20.4 Å². The van der Waals surface area contributed by atoms with Crippen LogP contribution in [0.1, 0.15) is 54.5 Å². The average Bonchev–Trinajstić information content (AvgIpc) is 3.09. The largest absolute Gasteiger partial charge is 0.147 e. The number of rotatable bonds is 2. The molecular formula is C24H29ClSiZr. The predicted octanol–water partition coefficient (Wildman–Crippen LogP) is 7.21. The van der Waals surface area contributed by atoms with Gasteiger partial charge in [-0.1, -0.05) is 0 Å². The molecule has 27 heavy (non-hydrogen) atoms. The fourth-order valence-corrected chi connectivity index (χ4v) is 25.7. The molecule has 2 aliphatic rings. The van der Waals surface area contributed by atoms with Crippen LogP contribution in [-0.4, -0.2) is 5.43 Å². The van der Waals surface area contributed by atoms with Gasteiger partial charge in [-0.25, -0.2) is 0 Å². The number of halogens is 1. The summed E-state index contributed by atoms with van der Waals surface area (Å²) in [6.07, 6.45) is 5.01. The Hall–Kier alpha value is -0.690. The molecule has 0 N–H and O–H groups in total. The molecule has 0 fully saturated rings. The molecule has 2 aliphatic carbocycles. The molecule has 3 heteroatoms. The van der Waals surface area contributed by atoms with E-state index < -0.39 is 20.4 Å². The third kappa shape index (κ3) is 3.43. The summed E-state index contributed by atoms with van der Waals surface area (Å²) in [6, 6.07) is 14.0. The molecule has 0 aromatic heterocycles. The topological polar surface area (TPSA) is 0 Å². The molecule has 0 amide bonds. The van der Waals surface area contributed by atoms with Crippen molar-refractivity contribution in [3.8, 4) is 0 Å². The molecule has 0 nitrogen and oxygen atoms in total. The van der Waals surface area contributed by atoms with Crippen molar-refractivity contribution >= 4 is 30.0 Å². The van der Waals surface area contributed by atoms with Gasteiger partial charge in [0.25, 0.3) is 0 Å². The molecule has 4 rings (SSSR count). The van der Waals surface area contributed by atoms with Gasteiger partial charge in [-0.05, 0) is 0 Å². The summed E-state index contributed by atoms with van der Waals surface area (Å²) in [7, 11) is 0. The Morgan fingerprint density at radius 3 is 1.48 bits per heavy atom. The van der Waals surface area contributed by atoms with E-state index in [4.69, 9.17) is 0 Å². The maximum atomic E-state index is 2.60. The van der Waals surface area contributed by atoms with Crippen molar-refractivity contribution in [3.05, 3.63) is 80.9 Å².